The van der Waals surface area contributed by atoms with Crippen LogP contribution in [0.5, 0.6) is 0 Å². The highest BCUT2D eigenvalue weighted by molar-refractivity contribution is 5.74. The minimum atomic E-state index is -0.0373. The lowest BCUT2D eigenvalue weighted by molar-refractivity contribution is -0.0402. The van der Waals surface area contributed by atoms with Gasteiger partial charge in [-0.05, 0) is 38.2 Å². The lowest BCUT2D eigenvalue weighted by atomic mass is 10.00. The van der Waals surface area contributed by atoms with E-state index in [2.05, 4.69) is 60.6 Å². The first-order valence-corrected chi connectivity index (χ1v) is 9.48. The van der Waals surface area contributed by atoms with Crippen LogP contribution in [-0.2, 0) is 11.3 Å². The highest BCUT2D eigenvalue weighted by Gasteiger charge is 2.32. The molecule has 0 bridgehead atoms. The fraction of sp³-hybridized carbons (Fsp3) is 0.650. The van der Waals surface area contributed by atoms with Gasteiger partial charge in [-0.2, -0.15) is 0 Å². The summed E-state index contributed by atoms with van der Waals surface area (Å²) < 4.78 is 5.74. The number of carbonyl (C=O) groups is 1. The standard InChI is InChI=1S/C20H31N3O2/c1-14-11-23(12-17-7-5-4-6-8-17)13-19(14)22-20(24)21-18-9-15(2)25-16(3)10-18/h4-8,14-16,18-19H,9-13H2,1-3H3,(H2,21,22,24)/t14-,15-,16+,18?,19+/m0/s1. The number of urea groups is 1. The third-order valence-electron chi connectivity index (χ3n) is 5.29. The Labute approximate surface area is 151 Å². The van der Waals surface area contributed by atoms with Crippen LogP contribution in [0.15, 0.2) is 30.3 Å². The molecule has 2 aliphatic rings. The predicted octanol–water partition coefficient (Wildman–Crippen LogP) is 2.76. The van der Waals surface area contributed by atoms with E-state index in [4.69, 9.17) is 4.74 Å². The van der Waals surface area contributed by atoms with Crippen molar-refractivity contribution in [2.24, 2.45) is 5.92 Å². The molecule has 2 saturated heterocycles. The van der Waals surface area contributed by atoms with Crippen molar-refractivity contribution in [2.75, 3.05) is 13.1 Å². The molecule has 2 heterocycles. The summed E-state index contributed by atoms with van der Waals surface area (Å²) in [6.07, 6.45) is 2.19. The second-order valence-corrected chi connectivity index (χ2v) is 7.81. The SMILES string of the molecule is C[C@@H]1CC(NC(=O)N[C@@H]2CN(Cc3ccccc3)C[C@@H]2C)C[C@H](C)O1. The zero-order valence-corrected chi connectivity index (χ0v) is 15.6. The highest BCUT2D eigenvalue weighted by Crippen LogP contribution is 2.20. The van der Waals surface area contributed by atoms with Gasteiger partial charge < -0.3 is 15.4 Å². The Hall–Kier alpha value is -1.59. The normalized spacial score (nSPS) is 33.2. The lowest BCUT2D eigenvalue weighted by Crippen LogP contribution is -2.51. The number of benzene rings is 1. The quantitative estimate of drug-likeness (QED) is 0.882. The highest BCUT2D eigenvalue weighted by atomic mass is 16.5. The fourth-order valence-corrected chi connectivity index (χ4v) is 4.14. The Kier molecular flexibility index (Phi) is 5.97. The average molecular weight is 345 g/mol. The first-order valence-electron chi connectivity index (χ1n) is 9.48. The van der Waals surface area contributed by atoms with Crippen molar-refractivity contribution in [1.82, 2.24) is 15.5 Å². The third kappa shape index (κ3) is 5.19. The second kappa shape index (κ2) is 8.19. The minimum absolute atomic E-state index is 0.0373. The molecule has 5 atom stereocenters. The third-order valence-corrected chi connectivity index (χ3v) is 5.29. The number of nitrogens with one attached hydrogen (secondary N) is 2. The molecule has 2 N–H and O–H groups in total. The average Bonchev–Trinajstić information content (AvgIpc) is 2.86. The molecule has 2 amide bonds. The number of hydrogen-bond acceptors (Lipinski definition) is 3. The molecule has 3 rings (SSSR count). The molecule has 25 heavy (non-hydrogen) atoms. The van der Waals surface area contributed by atoms with Crippen molar-refractivity contribution < 1.29 is 9.53 Å². The van der Waals surface area contributed by atoms with Gasteiger partial charge in [0.25, 0.3) is 0 Å². The van der Waals surface area contributed by atoms with Gasteiger partial charge >= 0.3 is 6.03 Å². The molecule has 2 fully saturated rings. The van der Waals surface area contributed by atoms with Crippen LogP contribution in [0.1, 0.15) is 39.2 Å². The monoisotopic (exact) mass is 345 g/mol. The van der Waals surface area contributed by atoms with Gasteiger partial charge in [-0.3, -0.25) is 4.90 Å². The van der Waals surface area contributed by atoms with Gasteiger partial charge in [-0.15, -0.1) is 0 Å². The van der Waals surface area contributed by atoms with E-state index >= 15 is 0 Å². The predicted molar refractivity (Wildman–Crippen MR) is 99.4 cm³/mol. The Bertz CT molecular complexity index is 555. The number of ether oxygens (including phenoxy) is 1. The molecule has 5 heteroatoms. The number of carbonyl (C=O) groups excluding carboxylic acids is 1. The molecule has 0 spiro atoms. The summed E-state index contributed by atoms with van der Waals surface area (Å²) >= 11 is 0. The summed E-state index contributed by atoms with van der Waals surface area (Å²) in [4.78, 5) is 14.8. The van der Waals surface area contributed by atoms with Crippen LogP contribution < -0.4 is 10.6 Å². The molecule has 1 unspecified atom stereocenters. The molecule has 0 radical (unpaired) electrons. The first kappa shape index (κ1) is 18.2. The Morgan fingerprint density at radius 3 is 2.44 bits per heavy atom. The van der Waals surface area contributed by atoms with Gasteiger partial charge in [-0.1, -0.05) is 37.3 Å². The topological polar surface area (TPSA) is 53.6 Å². The largest absolute Gasteiger partial charge is 0.375 e. The van der Waals surface area contributed by atoms with E-state index < -0.39 is 0 Å². The second-order valence-electron chi connectivity index (χ2n) is 7.81. The van der Waals surface area contributed by atoms with Gasteiger partial charge in [0.15, 0.2) is 0 Å². The molecule has 1 aromatic rings. The number of rotatable bonds is 4. The number of hydrogen-bond donors (Lipinski definition) is 2. The molecular weight excluding hydrogens is 314 g/mol. The zero-order chi connectivity index (χ0) is 17.8. The minimum Gasteiger partial charge on any atom is -0.375 e. The molecule has 0 saturated carbocycles. The van der Waals surface area contributed by atoms with Crippen LogP contribution in [0, 0.1) is 5.92 Å². The van der Waals surface area contributed by atoms with E-state index in [1.807, 2.05) is 6.07 Å². The summed E-state index contributed by atoms with van der Waals surface area (Å²) in [5.74, 6) is 0.460. The van der Waals surface area contributed by atoms with Gasteiger partial charge in [0.1, 0.15) is 0 Å². The van der Waals surface area contributed by atoms with Gasteiger partial charge in [0.2, 0.25) is 0 Å². The van der Waals surface area contributed by atoms with E-state index in [1.54, 1.807) is 0 Å². The van der Waals surface area contributed by atoms with Crippen LogP contribution in [0.2, 0.25) is 0 Å². The summed E-state index contributed by atoms with van der Waals surface area (Å²) in [5, 5.41) is 6.33. The number of likely N-dealkylation sites (tertiary alicyclic amines) is 1. The van der Waals surface area contributed by atoms with Gasteiger partial charge in [0.05, 0.1) is 12.2 Å². The Morgan fingerprint density at radius 1 is 1.08 bits per heavy atom. The smallest absolute Gasteiger partial charge is 0.315 e. The van der Waals surface area contributed by atoms with Crippen molar-refractivity contribution in [1.29, 1.82) is 0 Å². The van der Waals surface area contributed by atoms with Crippen molar-refractivity contribution in [3.8, 4) is 0 Å². The van der Waals surface area contributed by atoms with Gasteiger partial charge in [0, 0.05) is 31.7 Å². The van der Waals surface area contributed by atoms with Crippen LogP contribution in [0.3, 0.4) is 0 Å². The fourth-order valence-electron chi connectivity index (χ4n) is 4.14. The summed E-state index contributed by atoms with van der Waals surface area (Å²) in [7, 11) is 0. The molecule has 0 aliphatic carbocycles. The van der Waals surface area contributed by atoms with E-state index in [1.165, 1.54) is 5.56 Å². The summed E-state index contributed by atoms with van der Waals surface area (Å²) in [5.41, 5.74) is 1.32. The maximum absolute atomic E-state index is 12.4. The zero-order valence-electron chi connectivity index (χ0n) is 15.6. The van der Waals surface area contributed by atoms with Crippen molar-refractivity contribution in [3.63, 3.8) is 0 Å². The van der Waals surface area contributed by atoms with Crippen molar-refractivity contribution >= 4 is 6.03 Å². The number of nitrogens with zero attached hydrogens (tertiary/aromatic N) is 1. The summed E-state index contributed by atoms with van der Waals surface area (Å²) in [6.45, 7) is 9.23. The number of amides is 2. The maximum atomic E-state index is 12.4. The van der Waals surface area contributed by atoms with Crippen LogP contribution in [-0.4, -0.2) is 48.3 Å². The molecule has 0 aromatic heterocycles. The molecule has 138 valence electrons. The maximum Gasteiger partial charge on any atom is 0.315 e. The van der Waals surface area contributed by atoms with Crippen molar-refractivity contribution in [3.05, 3.63) is 35.9 Å². The molecule has 2 aliphatic heterocycles. The van der Waals surface area contributed by atoms with Crippen molar-refractivity contribution in [2.45, 2.75) is 64.4 Å². The van der Waals surface area contributed by atoms with E-state index in [-0.39, 0.29) is 30.3 Å². The lowest BCUT2D eigenvalue weighted by Gasteiger charge is -2.33. The van der Waals surface area contributed by atoms with E-state index in [0.29, 0.717) is 5.92 Å². The van der Waals surface area contributed by atoms with Crippen LogP contribution >= 0.6 is 0 Å². The Morgan fingerprint density at radius 2 is 1.76 bits per heavy atom. The molecule has 1 aromatic carbocycles. The van der Waals surface area contributed by atoms with E-state index in [9.17, 15) is 4.79 Å². The summed E-state index contributed by atoms with van der Waals surface area (Å²) in [6, 6.07) is 10.9. The van der Waals surface area contributed by atoms with E-state index in [0.717, 1.165) is 32.5 Å². The Balaban J connectivity index is 1.46. The molecular formula is C20H31N3O2. The van der Waals surface area contributed by atoms with Crippen LogP contribution in [0.25, 0.3) is 0 Å². The van der Waals surface area contributed by atoms with Gasteiger partial charge in [-0.25, -0.2) is 4.79 Å². The molecule has 5 nitrogen and oxygen atoms in total. The van der Waals surface area contributed by atoms with Crippen LogP contribution in [0.4, 0.5) is 4.79 Å². The first-order chi connectivity index (χ1) is 12.0.